The van der Waals surface area contributed by atoms with E-state index in [4.69, 9.17) is 22.8 Å². The predicted molar refractivity (Wildman–Crippen MR) is 134 cm³/mol. The fourth-order valence-corrected chi connectivity index (χ4v) is 6.15. The molecule has 11 heteroatoms. The molecule has 0 aromatic heterocycles. The Bertz CT molecular complexity index is 802. The zero-order chi connectivity index (χ0) is 27.2. The van der Waals surface area contributed by atoms with Gasteiger partial charge >= 0.3 is 20.7 Å². The molecule has 1 aromatic rings. The number of hydrogen-bond donors (Lipinski definition) is 2. The quantitative estimate of drug-likeness (QED) is 0.119. The first kappa shape index (κ1) is 31.7. The molecule has 0 fully saturated rings. The number of hydrogen-bond acceptors (Lipinski definition) is 9. The SMILES string of the molecule is CCO[Si](CCCC(CC(=O)OCCOc1ccc(C(=O)C(C)(C)O)cc1)C(=O)O)(OCC)OCC. The first-order valence-electron chi connectivity index (χ1n) is 12.3. The summed E-state index contributed by atoms with van der Waals surface area (Å²) in [5, 5.41) is 19.3. The van der Waals surface area contributed by atoms with Crippen LogP contribution in [-0.2, 0) is 27.6 Å². The second-order valence-electron chi connectivity index (χ2n) is 8.60. The van der Waals surface area contributed by atoms with Crippen LogP contribution in [0.2, 0.25) is 6.04 Å². The molecule has 0 radical (unpaired) electrons. The van der Waals surface area contributed by atoms with Crippen LogP contribution in [0.4, 0.5) is 0 Å². The Kier molecular flexibility index (Phi) is 13.9. The minimum absolute atomic E-state index is 0.0510. The first-order valence-corrected chi connectivity index (χ1v) is 14.2. The van der Waals surface area contributed by atoms with Crippen LogP contribution in [0.25, 0.3) is 0 Å². The smallest absolute Gasteiger partial charge is 0.490 e. The lowest BCUT2D eigenvalue weighted by Gasteiger charge is -2.28. The van der Waals surface area contributed by atoms with E-state index >= 15 is 0 Å². The Morgan fingerprint density at radius 3 is 1.97 bits per heavy atom. The molecule has 0 spiro atoms. The summed E-state index contributed by atoms with van der Waals surface area (Å²) in [5.41, 5.74) is -1.12. The van der Waals surface area contributed by atoms with Crippen molar-refractivity contribution in [3.05, 3.63) is 29.8 Å². The number of carbonyl (C=O) groups excluding carboxylic acids is 2. The van der Waals surface area contributed by atoms with Crippen LogP contribution in [0.5, 0.6) is 5.75 Å². The number of ether oxygens (including phenoxy) is 2. The molecule has 0 heterocycles. The van der Waals surface area contributed by atoms with Gasteiger partial charge in [-0.1, -0.05) is 0 Å². The molecule has 0 saturated heterocycles. The van der Waals surface area contributed by atoms with Crippen molar-refractivity contribution < 1.29 is 47.3 Å². The van der Waals surface area contributed by atoms with E-state index in [1.807, 2.05) is 20.8 Å². The standard InChI is InChI=1S/C25H40O10Si/c1-6-33-36(34-7-2,35-8-3)17-9-10-20(24(28)29)18-22(26)32-16-15-31-21-13-11-19(12-14-21)23(27)25(4,5)30/h11-14,20,30H,6-10,15-18H2,1-5H3,(H,28,29). The summed E-state index contributed by atoms with van der Waals surface area (Å²) >= 11 is 0. The van der Waals surface area contributed by atoms with Gasteiger partial charge in [-0.2, -0.15) is 0 Å². The normalized spacial score (nSPS) is 12.7. The highest BCUT2D eigenvalue weighted by molar-refractivity contribution is 6.60. The van der Waals surface area contributed by atoms with Crippen molar-refractivity contribution in [2.45, 2.75) is 65.5 Å². The van der Waals surface area contributed by atoms with Crippen molar-refractivity contribution in [2.24, 2.45) is 5.92 Å². The van der Waals surface area contributed by atoms with Gasteiger partial charge in [-0.05, 0) is 71.7 Å². The summed E-state index contributed by atoms with van der Waals surface area (Å²) < 4.78 is 28.0. The van der Waals surface area contributed by atoms with Gasteiger partial charge in [-0.15, -0.1) is 0 Å². The van der Waals surface area contributed by atoms with E-state index < -0.39 is 38.0 Å². The lowest BCUT2D eigenvalue weighted by molar-refractivity contribution is -0.152. The highest BCUT2D eigenvalue weighted by atomic mass is 28.4. The molecular formula is C25H40O10Si. The lowest BCUT2D eigenvalue weighted by atomic mass is 9.97. The third kappa shape index (κ3) is 11.2. The van der Waals surface area contributed by atoms with Crippen molar-refractivity contribution in [2.75, 3.05) is 33.0 Å². The molecule has 0 aliphatic carbocycles. The Labute approximate surface area is 214 Å². The zero-order valence-corrected chi connectivity index (χ0v) is 22.9. The number of ketones is 1. The van der Waals surface area contributed by atoms with Crippen LogP contribution in [0.3, 0.4) is 0 Å². The Morgan fingerprint density at radius 1 is 0.944 bits per heavy atom. The monoisotopic (exact) mass is 528 g/mol. The molecule has 0 aliphatic heterocycles. The Morgan fingerprint density at radius 2 is 1.50 bits per heavy atom. The fraction of sp³-hybridized carbons (Fsp3) is 0.640. The van der Waals surface area contributed by atoms with E-state index in [1.165, 1.54) is 13.8 Å². The van der Waals surface area contributed by atoms with E-state index in [0.29, 0.717) is 43.6 Å². The summed E-state index contributed by atoms with van der Waals surface area (Å²) in [7, 11) is -2.87. The van der Waals surface area contributed by atoms with Gasteiger partial charge in [0.15, 0.2) is 5.78 Å². The third-order valence-electron chi connectivity index (χ3n) is 5.18. The molecule has 204 valence electrons. The van der Waals surface area contributed by atoms with Gasteiger partial charge < -0.3 is 33.0 Å². The highest BCUT2D eigenvalue weighted by Gasteiger charge is 2.40. The van der Waals surface area contributed by atoms with Gasteiger partial charge in [0.25, 0.3) is 0 Å². The molecule has 1 rings (SSSR count). The minimum Gasteiger partial charge on any atom is -0.490 e. The molecule has 1 atom stereocenters. The number of carbonyl (C=O) groups is 3. The summed E-state index contributed by atoms with van der Waals surface area (Å²) in [4.78, 5) is 35.9. The third-order valence-corrected chi connectivity index (χ3v) is 8.33. The van der Waals surface area contributed by atoms with E-state index in [1.54, 1.807) is 24.3 Å². The number of esters is 1. The number of Topliss-reactive ketones (excluding diaryl/α,β-unsaturated/α-hetero) is 1. The van der Waals surface area contributed by atoms with Gasteiger partial charge in [0.05, 0.1) is 12.3 Å². The van der Waals surface area contributed by atoms with Crippen molar-refractivity contribution >= 4 is 26.5 Å². The molecule has 0 amide bonds. The molecule has 2 N–H and O–H groups in total. The molecular weight excluding hydrogens is 488 g/mol. The van der Waals surface area contributed by atoms with Gasteiger partial charge in [0, 0.05) is 31.4 Å². The zero-order valence-electron chi connectivity index (χ0n) is 21.9. The lowest BCUT2D eigenvalue weighted by Crippen LogP contribution is -2.46. The second kappa shape index (κ2) is 15.7. The molecule has 0 aliphatic rings. The molecule has 10 nitrogen and oxygen atoms in total. The van der Waals surface area contributed by atoms with Crippen LogP contribution >= 0.6 is 0 Å². The van der Waals surface area contributed by atoms with Crippen LogP contribution in [0.1, 0.15) is 64.2 Å². The summed E-state index contributed by atoms with van der Waals surface area (Å²) in [6.45, 7) is 9.72. The van der Waals surface area contributed by atoms with E-state index in [-0.39, 0.29) is 26.1 Å². The number of carboxylic acid groups (broad SMARTS) is 1. The van der Waals surface area contributed by atoms with Crippen molar-refractivity contribution in [3.8, 4) is 5.75 Å². The topological polar surface area (TPSA) is 138 Å². The van der Waals surface area contributed by atoms with Gasteiger partial charge in [-0.25, -0.2) is 0 Å². The predicted octanol–water partition coefficient (Wildman–Crippen LogP) is 3.48. The van der Waals surface area contributed by atoms with Gasteiger partial charge in [0.2, 0.25) is 0 Å². The summed E-state index contributed by atoms with van der Waals surface area (Å²) in [5.74, 6) is -2.53. The van der Waals surface area contributed by atoms with Gasteiger partial charge in [-0.3, -0.25) is 14.4 Å². The minimum atomic E-state index is -2.87. The maximum atomic E-state index is 12.2. The number of carboxylic acids is 1. The van der Waals surface area contributed by atoms with Crippen LogP contribution < -0.4 is 4.74 Å². The highest BCUT2D eigenvalue weighted by Crippen LogP contribution is 2.23. The van der Waals surface area contributed by atoms with Crippen LogP contribution in [0, 0.1) is 5.92 Å². The maximum Gasteiger partial charge on any atom is 0.500 e. The fourth-order valence-electron chi connectivity index (χ4n) is 3.51. The van der Waals surface area contributed by atoms with Crippen LogP contribution in [0.15, 0.2) is 24.3 Å². The molecule has 0 saturated carbocycles. The first-order chi connectivity index (χ1) is 17.0. The molecule has 1 unspecified atom stereocenters. The van der Waals surface area contributed by atoms with Crippen molar-refractivity contribution in [1.29, 1.82) is 0 Å². The summed E-state index contributed by atoms with van der Waals surface area (Å²) in [6.07, 6.45) is 0.486. The number of benzene rings is 1. The summed E-state index contributed by atoms with van der Waals surface area (Å²) in [6, 6.07) is 6.71. The van der Waals surface area contributed by atoms with Crippen molar-refractivity contribution in [1.82, 2.24) is 0 Å². The van der Waals surface area contributed by atoms with E-state index in [2.05, 4.69) is 0 Å². The average Bonchev–Trinajstić information content (AvgIpc) is 2.81. The number of aliphatic carboxylic acids is 1. The largest absolute Gasteiger partial charge is 0.500 e. The Hall–Kier alpha value is -2.31. The molecule has 1 aromatic carbocycles. The number of rotatable bonds is 19. The maximum absolute atomic E-state index is 12.2. The molecule has 36 heavy (non-hydrogen) atoms. The molecule has 0 bridgehead atoms. The van der Waals surface area contributed by atoms with Crippen LogP contribution in [-0.4, -0.2) is 75.4 Å². The van der Waals surface area contributed by atoms with Gasteiger partial charge in [0.1, 0.15) is 24.6 Å². The second-order valence-corrected chi connectivity index (χ2v) is 11.3. The van der Waals surface area contributed by atoms with Crippen molar-refractivity contribution in [3.63, 3.8) is 0 Å². The van der Waals surface area contributed by atoms with E-state index in [9.17, 15) is 24.6 Å². The van der Waals surface area contributed by atoms with E-state index in [0.717, 1.165) is 0 Å². The Balaban J connectivity index is 2.48. The average molecular weight is 529 g/mol. The number of aliphatic hydroxyl groups is 1.